The van der Waals surface area contributed by atoms with E-state index in [-0.39, 0.29) is 23.3 Å². The maximum absolute atomic E-state index is 12.9. The number of benzene rings is 2. The van der Waals surface area contributed by atoms with Gasteiger partial charge in [-0.3, -0.25) is 9.80 Å². The van der Waals surface area contributed by atoms with Crippen LogP contribution in [0.2, 0.25) is 0 Å². The number of aldehydes is 1. The van der Waals surface area contributed by atoms with Crippen LogP contribution in [0, 0.1) is 5.92 Å². The Morgan fingerprint density at radius 3 is 2.54 bits per heavy atom. The first-order chi connectivity index (χ1) is 17.9. The van der Waals surface area contributed by atoms with Crippen LogP contribution in [-0.2, 0) is 16.1 Å². The molecular weight excluding hydrogens is 480 g/mol. The van der Waals surface area contributed by atoms with E-state index >= 15 is 0 Å². The third kappa shape index (κ3) is 7.74. The summed E-state index contributed by atoms with van der Waals surface area (Å²) in [5.74, 6) is 0.106. The van der Waals surface area contributed by atoms with E-state index in [0.29, 0.717) is 30.7 Å². The van der Waals surface area contributed by atoms with Crippen molar-refractivity contribution in [2.24, 2.45) is 11.0 Å². The minimum atomic E-state index is -2.99. The van der Waals surface area contributed by atoms with Gasteiger partial charge in [0.2, 0.25) is 5.91 Å². The molecule has 0 aromatic heterocycles. The third-order valence-corrected chi connectivity index (χ3v) is 6.45. The maximum Gasteiger partial charge on any atom is 0.387 e. The third-order valence-electron chi connectivity index (χ3n) is 6.45. The van der Waals surface area contributed by atoms with Gasteiger partial charge in [-0.15, -0.1) is 0 Å². The molecule has 2 unspecified atom stereocenters. The first-order valence-corrected chi connectivity index (χ1v) is 12.7. The summed E-state index contributed by atoms with van der Waals surface area (Å²) < 4.78 is 35.7. The zero-order chi connectivity index (χ0) is 26.8. The molecule has 1 amide bonds. The summed E-state index contributed by atoms with van der Waals surface area (Å²) >= 11 is 0. The summed E-state index contributed by atoms with van der Waals surface area (Å²) in [6, 6.07) is 11.9. The normalized spacial score (nSPS) is 17.4. The van der Waals surface area contributed by atoms with Crippen LogP contribution >= 0.6 is 0 Å². The van der Waals surface area contributed by atoms with Gasteiger partial charge in [-0.05, 0) is 55.2 Å². The number of ether oxygens (including phenoxy) is 2. The molecule has 2 atom stereocenters. The Kier molecular flexibility index (Phi) is 10.4. The van der Waals surface area contributed by atoms with Crippen LogP contribution in [0.5, 0.6) is 11.5 Å². The summed E-state index contributed by atoms with van der Waals surface area (Å²) in [5, 5.41) is 9.44. The van der Waals surface area contributed by atoms with E-state index in [9.17, 15) is 18.4 Å². The van der Waals surface area contributed by atoms with Gasteiger partial charge < -0.3 is 19.6 Å². The van der Waals surface area contributed by atoms with Crippen molar-refractivity contribution in [2.45, 2.75) is 71.6 Å². The monoisotopic (exact) mass is 515 g/mol. The van der Waals surface area contributed by atoms with Crippen molar-refractivity contribution < 1.29 is 27.8 Å². The van der Waals surface area contributed by atoms with E-state index in [4.69, 9.17) is 9.84 Å². The molecule has 7 nitrogen and oxygen atoms in total. The number of carbonyl (C=O) groups is 2. The van der Waals surface area contributed by atoms with E-state index in [0.717, 1.165) is 43.2 Å². The first-order valence-electron chi connectivity index (χ1n) is 12.7. The highest BCUT2D eigenvalue weighted by Gasteiger charge is 2.31. The Hall–Kier alpha value is -3.49. The summed E-state index contributed by atoms with van der Waals surface area (Å²) in [6.45, 7) is 1.50. The fourth-order valence-electron chi connectivity index (χ4n) is 4.41. The highest BCUT2D eigenvalue weighted by Crippen LogP contribution is 2.33. The number of nitrogens with one attached hydrogen (secondary N) is 1. The molecule has 0 aliphatic carbocycles. The molecule has 0 bridgehead atoms. The van der Waals surface area contributed by atoms with Crippen molar-refractivity contribution in [3.8, 4) is 11.5 Å². The number of alkyl halides is 2. The molecule has 1 aliphatic rings. The van der Waals surface area contributed by atoms with Crippen LogP contribution in [-0.4, -0.2) is 42.7 Å². The molecule has 0 radical (unpaired) electrons. The van der Waals surface area contributed by atoms with Crippen molar-refractivity contribution in [3.63, 3.8) is 0 Å². The lowest BCUT2D eigenvalue weighted by molar-refractivity contribution is -0.116. The summed E-state index contributed by atoms with van der Waals surface area (Å²) in [7, 11) is 1.39. The number of hydrogen-bond donors (Lipinski definition) is 1. The standard InChI is InChI=1S/C28H35F2N3O4/c1-4-6-7-8-26(35)31-22-12-9-19(10-13-22)17-33-23(18-34)15-20(5-2)27(32-33)21-11-14-24(36-3)25(16-21)37-28(29)30/h9-14,16,18,20,23,28H,4-8,15,17H2,1-3H3,(H,31,35). The average Bonchev–Trinajstić information content (AvgIpc) is 2.89. The molecule has 37 heavy (non-hydrogen) atoms. The maximum atomic E-state index is 12.9. The number of unbranched alkanes of at least 4 members (excludes halogenated alkanes) is 2. The lowest BCUT2D eigenvalue weighted by Gasteiger charge is -2.35. The number of nitrogens with zero attached hydrogens (tertiary/aromatic N) is 2. The van der Waals surface area contributed by atoms with E-state index in [2.05, 4.69) is 17.0 Å². The number of hydrazone groups is 1. The van der Waals surface area contributed by atoms with Crippen molar-refractivity contribution >= 4 is 23.6 Å². The van der Waals surface area contributed by atoms with Gasteiger partial charge in [0.25, 0.3) is 0 Å². The van der Waals surface area contributed by atoms with Crippen molar-refractivity contribution in [3.05, 3.63) is 53.6 Å². The molecule has 0 saturated heterocycles. The van der Waals surface area contributed by atoms with Gasteiger partial charge >= 0.3 is 6.61 Å². The highest BCUT2D eigenvalue weighted by atomic mass is 19.3. The largest absolute Gasteiger partial charge is 0.493 e. The fourth-order valence-corrected chi connectivity index (χ4v) is 4.41. The van der Waals surface area contributed by atoms with Crippen LogP contribution < -0.4 is 14.8 Å². The van der Waals surface area contributed by atoms with Crippen LogP contribution in [0.15, 0.2) is 47.6 Å². The van der Waals surface area contributed by atoms with Crippen LogP contribution in [0.25, 0.3) is 0 Å². The Morgan fingerprint density at radius 2 is 1.92 bits per heavy atom. The Balaban J connectivity index is 1.81. The van der Waals surface area contributed by atoms with Gasteiger partial charge in [0, 0.05) is 23.6 Å². The lowest BCUT2D eigenvalue weighted by Crippen LogP contribution is -2.41. The van der Waals surface area contributed by atoms with Crippen LogP contribution in [0.3, 0.4) is 0 Å². The molecule has 0 fully saturated rings. The van der Waals surface area contributed by atoms with Gasteiger partial charge in [0.1, 0.15) is 12.3 Å². The molecule has 1 aliphatic heterocycles. The predicted molar refractivity (Wildman–Crippen MR) is 139 cm³/mol. The van der Waals surface area contributed by atoms with Gasteiger partial charge in [0.05, 0.1) is 19.4 Å². The topological polar surface area (TPSA) is 80.2 Å². The Labute approximate surface area is 216 Å². The van der Waals surface area contributed by atoms with Crippen molar-refractivity contribution in [1.82, 2.24) is 5.01 Å². The highest BCUT2D eigenvalue weighted by molar-refractivity contribution is 6.03. The van der Waals surface area contributed by atoms with Crippen LogP contribution in [0.1, 0.15) is 63.5 Å². The number of methoxy groups -OCH3 is 1. The summed E-state index contributed by atoms with van der Waals surface area (Å²) in [4.78, 5) is 24.0. The second kappa shape index (κ2) is 13.7. The number of halogens is 2. The number of carbonyl (C=O) groups excluding carboxylic acids is 2. The second-order valence-electron chi connectivity index (χ2n) is 9.07. The molecule has 1 heterocycles. The van der Waals surface area contributed by atoms with E-state index in [1.54, 1.807) is 17.1 Å². The molecular formula is C28H35F2N3O4. The summed E-state index contributed by atoms with van der Waals surface area (Å²) in [6.07, 6.45) is 5.64. The molecule has 2 aromatic rings. The zero-order valence-corrected chi connectivity index (χ0v) is 21.6. The average molecular weight is 516 g/mol. The predicted octanol–water partition coefficient (Wildman–Crippen LogP) is 6.02. The van der Waals surface area contributed by atoms with Crippen molar-refractivity contribution in [1.29, 1.82) is 0 Å². The number of amides is 1. The Bertz CT molecular complexity index is 1080. The van der Waals surface area contributed by atoms with E-state index < -0.39 is 12.7 Å². The molecule has 9 heteroatoms. The van der Waals surface area contributed by atoms with Gasteiger partial charge in [-0.1, -0.05) is 38.8 Å². The number of anilines is 1. The molecule has 1 N–H and O–H groups in total. The number of rotatable bonds is 13. The van der Waals surface area contributed by atoms with Gasteiger partial charge in [-0.25, -0.2) is 0 Å². The Morgan fingerprint density at radius 1 is 1.16 bits per heavy atom. The molecule has 200 valence electrons. The zero-order valence-electron chi connectivity index (χ0n) is 21.6. The molecule has 0 spiro atoms. The minimum Gasteiger partial charge on any atom is -0.493 e. The first kappa shape index (κ1) is 28.1. The molecule has 3 rings (SSSR count). The van der Waals surface area contributed by atoms with E-state index in [1.165, 1.54) is 13.2 Å². The van der Waals surface area contributed by atoms with Gasteiger partial charge in [0.15, 0.2) is 11.5 Å². The molecule has 0 saturated carbocycles. The molecule has 2 aromatic carbocycles. The second-order valence-corrected chi connectivity index (χ2v) is 9.07. The fraction of sp³-hybridized carbons (Fsp3) is 0.464. The van der Waals surface area contributed by atoms with Crippen molar-refractivity contribution in [2.75, 3.05) is 12.4 Å². The van der Waals surface area contributed by atoms with Crippen LogP contribution in [0.4, 0.5) is 14.5 Å². The quantitative estimate of drug-likeness (QED) is 0.261. The van der Waals surface area contributed by atoms with E-state index in [1.807, 2.05) is 31.2 Å². The van der Waals surface area contributed by atoms with Gasteiger partial charge in [-0.2, -0.15) is 13.9 Å². The lowest BCUT2D eigenvalue weighted by atomic mass is 9.87. The SMILES string of the molecule is CCCCCC(=O)Nc1ccc(CN2N=C(c3ccc(OC)c(OC(F)F)c3)C(CC)CC2C=O)cc1. The smallest absolute Gasteiger partial charge is 0.387 e. The minimum absolute atomic E-state index is 0.00668. The number of hydrogen-bond acceptors (Lipinski definition) is 6. The summed E-state index contributed by atoms with van der Waals surface area (Å²) in [5.41, 5.74) is 2.98.